The van der Waals surface area contributed by atoms with E-state index in [4.69, 9.17) is 4.74 Å². The van der Waals surface area contributed by atoms with E-state index in [1.807, 2.05) is 59.5 Å². The quantitative estimate of drug-likeness (QED) is 0.408. The summed E-state index contributed by atoms with van der Waals surface area (Å²) in [6, 6.07) is 26.0. The number of nitrogens with zero attached hydrogens (tertiary/aromatic N) is 2. The zero-order chi connectivity index (χ0) is 20.9. The van der Waals surface area contributed by atoms with Crippen molar-refractivity contribution in [1.82, 2.24) is 9.47 Å². The highest BCUT2D eigenvalue weighted by molar-refractivity contribution is 5.84. The number of benzene rings is 3. The molecular formula is C26H26N2O2. The lowest BCUT2D eigenvalue weighted by atomic mass is 10.1. The third-order valence-corrected chi connectivity index (χ3v) is 5.35. The Morgan fingerprint density at radius 2 is 1.57 bits per heavy atom. The monoisotopic (exact) mass is 398 g/mol. The van der Waals surface area contributed by atoms with Gasteiger partial charge in [0.1, 0.15) is 11.5 Å². The van der Waals surface area contributed by atoms with E-state index in [-0.39, 0.29) is 5.91 Å². The Labute approximate surface area is 177 Å². The van der Waals surface area contributed by atoms with Crippen LogP contribution in [0, 0.1) is 0 Å². The van der Waals surface area contributed by atoms with Crippen molar-refractivity contribution < 1.29 is 9.53 Å². The largest absolute Gasteiger partial charge is 0.457 e. The van der Waals surface area contributed by atoms with Gasteiger partial charge >= 0.3 is 0 Å². The molecule has 30 heavy (non-hydrogen) atoms. The van der Waals surface area contributed by atoms with Crippen molar-refractivity contribution in [3.8, 4) is 11.5 Å². The summed E-state index contributed by atoms with van der Waals surface area (Å²) in [7, 11) is 2.06. The molecule has 4 aromatic rings. The minimum atomic E-state index is 0.0832. The van der Waals surface area contributed by atoms with E-state index in [1.54, 1.807) is 6.92 Å². The molecule has 0 aliphatic carbocycles. The predicted molar refractivity (Wildman–Crippen MR) is 121 cm³/mol. The number of para-hydroxylation sites is 2. The highest BCUT2D eigenvalue weighted by Gasteiger charge is 2.12. The van der Waals surface area contributed by atoms with Crippen LogP contribution in [-0.4, -0.2) is 21.9 Å². The molecule has 152 valence electrons. The molecule has 4 nitrogen and oxygen atoms in total. The zero-order valence-electron chi connectivity index (χ0n) is 17.4. The molecular weight excluding hydrogens is 372 g/mol. The fourth-order valence-electron chi connectivity index (χ4n) is 3.74. The Bertz CT molecular complexity index is 1130. The van der Waals surface area contributed by atoms with Crippen LogP contribution in [0.2, 0.25) is 0 Å². The number of carbonyl (C=O) groups excluding carboxylic acids is 1. The number of carbonyl (C=O) groups is 1. The fourth-order valence-corrected chi connectivity index (χ4v) is 3.74. The molecule has 3 aromatic carbocycles. The standard InChI is InChI=1S/C26H26N2O2/c1-20(29)28(17-16-22-19-27(2)26-11-7-6-10-25(22)26)18-21-12-14-24(15-13-21)30-23-8-4-3-5-9-23/h3-15,19H,16-18H2,1-2H3. The number of fused-ring (bicyclic) bond motifs is 1. The Kier molecular flexibility index (Phi) is 5.84. The molecule has 0 N–H and O–H groups in total. The van der Waals surface area contributed by atoms with Gasteiger partial charge in [0.2, 0.25) is 5.91 Å². The van der Waals surface area contributed by atoms with Gasteiger partial charge in [0.05, 0.1) is 0 Å². The van der Waals surface area contributed by atoms with Gasteiger partial charge in [-0.05, 0) is 47.9 Å². The lowest BCUT2D eigenvalue weighted by molar-refractivity contribution is -0.129. The molecule has 0 radical (unpaired) electrons. The summed E-state index contributed by atoms with van der Waals surface area (Å²) >= 11 is 0. The summed E-state index contributed by atoms with van der Waals surface area (Å²) in [6.45, 7) is 2.91. The van der Waals surface area contributed by atoms with Crippen LogP contribution in [0.3, 0.4) is 0 Å². The van der Waals surface area contributed by atoms with Gasteiger partial charge in [-0.15, -0.1) is 0 Å². The van der Waals surface area contributed by atoms with Gasteiger partial charge in [0.15, 0.2) is 0 Å². The Morgan fingerprint density at radius 3 is 2.30 bits per heavy atom. The van der Waals surface area contributed by atoms with Gasteiger partial charge in [-0.3, -0.25) is 4.79 Å². The van der Waals surface area contributed by atoms with Crippen molar-refractivity contribution in [3.63, 3.8) is 0 Å². The smallest absolute Gasteiger partial charge is 0.219 e. The third kappa shape index (κ3) is 4.54. The molecule has 4 heteroatoms. The maximum atomic E-state index is 12.2. The van der Waals surface area contributed by atoms with Crippen molar-refractivity contribution in [2.45, 2.75) is 19.9 Å². The van der Waals surface area contributed by atoms with Crippen molar-refractivity contribution in [1.29, 1.82) is 0 Å². The number of amides is 1. The Morgan fingerprint density at radius 1 is 0.900 bits per heavy atom. The van der Waals surface area contributed by atoms with E-state index in [2.05, 4.69) is 42.1 Å². The maximum absolute atomic E-state index is 12.2. The van der Waals surface area contributed by atoms with Crippen LogP contribution in [0.4, 0.5) is 0 Å². The minimum Gasteiger partial charge on any atom is -0.457 e. The number of aromatic nitrogens is 1. The minimum absolute atomic E-state index is 0.0832. The van der Waals surface area contributed by atoms with Crippen LogP contribution < -0.4 is 4.74 Å². The molecule has 0 atom stereocenters. The van der Waals surface area contributed by atoms with Crippen LogP contribution >= 0.6 is 0 Å². The second-order valence-electron chi connectivity index (χ2n) is 7.53. The van der Waals surface area contributed by atoms with Crippen molar-refractivity contribution in [3.05, 3.63) is 96.2 Å². The molecule has 0 fully saturated rings. The molecule has 4 rings (SSSR count). The van der Waals surface area contributed by atoms with E-state index in [0.29, 0.717) is 13.1 Å². The number of aryl methyl sites for hydroxylation is 1. The zero-order valence-corrected chi connectivity index (χ0v) is 17.4. The first-order valence-corrected chi connectivity index (χ1v) is 10.2. The van der Waals surface area contributed by atoms with E-state index >= 15 is 0 Å². The molecule has 0 spiro atoms. The first kappa shape index (κ1) is 19.8. The number of rotatable bonds is 7. The summed E-state index contributed by atoms with van der Waals surface area (Å²) < 4.78 is 8.00. The van der Waals surface area contributed by atoms with Crippen LogP contribution in [0.1, 0.15) is 18.1 Å². The van der Waals surface area contributed by atoms with Gasteiger partial charge < -0.3 is 14.2 Å². The van der Waals surface area contributed by atoms with Gasteiger partial charge in [0.25, 0.3) is 0 Å². The first-order chi connectivity index (χ1) is 14.6. The number of hydrogen-bond acceptors (Lipinski definition) is 2. The van der Waals surface area contributed by atoms with E-state index in [0.717, 1.165) is 23.5 Å². The third-order valence-electron chi connectivity index (χ3n) is 5.35. The van der Waals surface area contributed by atoms with Crippen LogP contribution in [0.15, 0.2) is 85.1 Å². The molecule has 0 saturated heterocycles. The Balaban J connectivity index is 1.41. The highest BCUT2D eigenvalue weighted by Crippen LogP contribution is 2.23. The molecule has 0 aliphatic rings. The number of ether oxygens (including phenoxy) is 1. The van der Waals surface area contributed by atoms with Crippen LogP contribution in [0.25, 0.3) is 10.9 Å². The molecule has 1 amide bonds. The lowest BCUT2D eigenvalue weighted by Crippen LogP contribution is -2.30. The van der Waals surface area contributed by atoms with Gasteiger partial charge in [0, 0.05) is 44.2 Å². The predicted octanol–water partition coefficient (Wildman–Crippen LogP) is 5.56. The normalized spacial score (nSPS) is 10.9. The SMILES string of the molecule is CC(=O)N(CCc1cn(C)c2ccccc12)Cc1ccc(Oc2ccccc2)cc1. The topological polar surface area (TPSA) is 34.5 Å². The molecule has 0 saturated carbocycles. The summed E-state index contributed by atoms with van der Waals surface area (Å²) in [5.74, 6) is 1.68. The molecule has 1 heterocycles. The average Bonchev–Trinajstić information content (AvgIpc) is 3.09. The molecule has 1 aromatic heterocycles. The fraction of sp³-hybridized carbons (Fsp3) is 0.192. The van der Waals surface area contributed by atoms with E-state index in [9.17, 15) is 4.79 Å². The summed E-state index contributed by atoms with van der Waals surface area (Å²) in [4.78, 5) is 14.1. The van der Waals surface area contributed by atoms with Crippen LogP contribution in [-0.2, 0) is 24.8 Å². The first-order valence-electron chi connectivity index (χ1n) is 10.2. The van der Waals surface area contributed by atoms with E-state index in [1.165, 1.54) is 16.5 Å². The second-order valence-corrected chi connectivity index (χ2v) is 7.53. The van der Waals surface area contributed by atoms with E-state index < -0.39 is 0 Å². The van der Waals surface area contributed by atoms with Crippen molar-refractivity contribution in [2.75, 3.05) is 6.54 Å². The highest BCUT2D eigenvalue weighted by atomic mass is 16.5. The summed E-state index contributed by atoms with van der Waals surface area (Å²) in [5.41, 5.74) is 3.57. The number of hydrogen-bond donors (Lipinski definition) is 0. The van der Waals surface area contributed by atoms with Crippen molar-refractivity contribution in [2.24, 2.45) is 7.05 Å². The average molecular weight is 399 g/mol. The van der Waals surface area contributed by atoms with Gasteiger partial charge in [-0.2, -0.15) is 0 Å². The van der Waals surface area contributed by atoms with Gasteiger partial charge in [-0.25, -0.2) is 0 Å². The van der Waals surface area contributed by atoms with Gasteiger partial charge in [-0.1, -0.05) is 48.5 Å². The molecule has 0 bridgehead atoms. The Hall–Kier alpha value is -3.53. The second kappa shape index (κ2) is 8.87. The lowest BCUT2D eigenvalue weighted by Gasteiger charge is -2.21. The van der Waals surface area contributed by atoms with Crippen LogP contribution in [0.5, 0.6) is 11.5 Å². The molecule has 0 aliphatic heterocycles. The maximum Gasteiger partial charge on any atom is 0.219 e. The van der Waals surface area contributed by atoms with Crippen molar-refractivity contribution >= 4 is 16.8 Å². The summed E-state index contributed by atoms with van der Waals surface area (Å²) in [5, 5.41) is 1.26. The molecule has 0 unspecified atom stereocenters. The summed E-state index contributed by atoms with van der Waals surface area (Å²) in [6.07, 6.45) is 2.99.